The Balaban J connectivity index is 2.00. The molecule has 0 spiro atoms. The number of hydrogen-bond donors (Lipinski definition) is 1. The zero-order chi connectivity index (χ0) is 14.2. The quantitative estimate of drug-likeness (QED) is 0.824. The summed E-state index contributed by atoms with van der Waals surface area (Å²) in [7, 11) is 0. The van der Waals surface area contributed by atoms with Gasteiger partial charge in [0.05, 0.1) is 6.61 Å². The Kier molecular flexibility index (Phi) is 5.24. The van der Waals surface area contributed by atoms with Gasteiger partial charge in [-0.3, -0.25) is 0 Å². The standard InChI is InChI=1S/C16H20N2O2/c1-3-12-19-13-8-10-14(11-9-13)20-16-7-5-6-15(18-16)17-4-2/h5-11H,3-4,12H2,1-2H3,(H,17,18). The van der Waals surface area contributed by atoms with Crippen molar-refractivity contribution in [2.75, 3.05) is 18.5 Å². The molecule has 0 atom stereocenters. The van der Waals surface area contributed by atoms with E-state index in [1.165, 1.54) is 0 Å². The SMILES string of the molecule is CCCOc1ccc(Oc2cccc(NCC)n2)cc1. The van der Waals surface area contributed by atoms with Gasteiger partial charge in [0, 0.05) is 12.6 Å². The van der Waals surface area contributed by atoms with Gasteiger partial charge in [-0.05, 0) is 43.7 Å². The van der Waals surface area contributed by atoms with E-state index in [-0.39, 0.29) is 0 Å². The van der Waals surface area contributed by atoms with Gasteiger partial charge in [0.15, 0.2) is 0 Å². The van der Waals surface area contributed by atoms with Crippen LogP contribution in [0.5, 0.6) is 17.4 Å². The highest BCUT2D eigenvalue weighted by molar-refractivity contribution is 5.39. The highest BCUT2D eigenvalue weighted by atomic mass is 16.5. The van der Waals surface area contributed by atoms with Crippen LogP contribution in [0, 0.1) is 0 Å². The summed E-state index contributed by atoms with van der Waals surface area (Å²) in [5.41, 5.74) is 0. The van der Waals surface area contributed by atoms with Gasteiger partial charge in [-0.15, -0.1) is 0 Å². The van der Waals surface area contributed by atoms with Crippen molar-refractivity contribution >= 4 is 5.82 Å². The molecule has 2 aromatic rings. The number of rotatable bonds is 7. The summed E-state index contributed by atoms with van der Waals surface area (Å²) in [4.78, 5) is 4.37. The summed E-state index contributed by atoms with van der Waals surface area (Å²) < 4.78 is 11.2. The molecular formula is C16H20N2O2. The number of anilines is 1. The average Bonchev–Trinajstić information content (AvgIpc) is 2.47. The third-order valence-electron chi connectivity index (χ3n) is 2.60. The molecule has 1 aromatic heterocycles. The molecule has 0 radical (unpaired) electrons. The lowest BCUT2D eigenvalue weighted by atomic mass is 10.3. The minimum atomic E-state index is 0.575. The van der Waals surface area contributed by atoms with Crippen LogP contribution in [-0.2, 0) is 0 Å². The van der Waals surface area contributed by atoms with E-state index < -0.39 is 0 Å². The fourth-order valence-electron chi connectivity index (χ4n) is 1.70. The van der Waals surface area contributed by atoms with Crippen molar-refractivity contribution in [3.63, 3.8) is 0 Å². The molecule has 0 saturated heterocycles. The van der Waals surface area contributed by atoms with Gasteiger partial charge >= 0.3 is 0 Å². The van der Waals surface area contributed by atoms with Crippen LogP contribution in [0.2, 0.25) is 0 Å². The third-order valence-corrected chi connectivity index (χ3v) is 2.60. The van der Waals surface area contributed by atoms with Crippen molar-refractivity contribution in [2.45, 2.75) is 20.3 Å². The minimum Gasteiger partial charge on any atom is -0.494 e. The van der Waals surface area contributed by atoms with Gasteiger partial charge < -0.3 is 14.8 Å². The normalized spacial score (nSPS) is 10.1. The Morgan fingerprint density at radius 2 is 1.75 bits per heavy atom. The largest absolute Gasteiger partial charge is 0.494 e. The summed E-state index contributed by atoms with van der Waals surface area (Å²) in [5.74, 6) is 2.99. The van der Waals surface area contributed by atoms with Crippen LogP contribution < -0.4 is 14.8 Å². The summed E-state index contributed by atoms with van der Waals surface area (Å²) in [6.07, 6.45) is 0.999. The highest BCUT2D eigenvalue weighted by Gasteiger charge is 2.01. The molecule has 0 amide bonds. The lowest BCUT2D eigenvalue weighted by Crippen LogP contribution is -1.99. The number of nitrogens with zero attached hydrogens (tertiary/aromatic N) is 1. The molecule has 0 aliphatic rings. The Bertz CT molecular complexity index is 526. The molecule has 4 heteroatoms. The summed E-state index contributed by atoms with van der Waals surface area (Å²) in [6, 6.07) is 13.2. The molecule has 0 bridgehead atoms. The number of benzene rings is 1. The molecule has 0 unspecified atom stereocenters. The second-order valence-corrected chi connectivity index (χ2v) is 4.31. The van der Waals surface area contributed by atoms with E-state index in [1.807, 2.05) is 49.4 Å². The van der Waals surface area contributed by atoms with Crippen molar-refractivity contribution in [3.05, 3.63) is 42.5 Å². The van der Waals surface area contributed by atoms with Crippen LogP contribution in [0.4, 0.5) is 5.82 Å². The van der Waals surface area contributed by atoms with E-state index >= 15 is 0 Å². The maximum absolute atomic E-state index is 5.72. The predicted molar refractivity (Wildman–Crippen MR) is 80.7 cm³/mol. The first-order chi connectivity index (χ1) is 9.81. The van der Waals surface area contributed by atoms with Crippen molar-refractivity contribution in [2.24, 2.45) is 0 Å². The third kappa shape index (κ3) is 4.16. The van der Waals surface area contributed by atoms with Crippen LogP contribution in [0.3, 0.4) is 0 Å². The molecular weight excluding hydrogens is 252 g/mol. The molecule has 0 aliphatic carbocycles. The van der Waals surface area contributed by atoms with Crippen LogP contribution in [0.25, 0.3) is 0 Å². The molecule has 20 heavy (non-hydrogen) atoms. The van der Waals surface area contributed by atoms with Gasteiger partial charge in [0.1, 0.15) is 17.3 Å². The van der Waals surface area contributed by atoms with Gasteiger partial charge in [0.2, 0.25) is 5.88 Å². The molecule has 2 rings (SSSR count). The highest BCUT2D eigenvalue weighted by Crippen LogP contribution is 2.23. The first kappa shape index (κ1) is 14.2. The van der Waals surface area contributed by atoms with E-state index in [2.05, 4.69) is 17.2 Å². The topological polar surface area (TPSA) is 43.4 Å². The molecule has 0 saturated carbocycles. The average molecular weight is 272 g/mol. The Morgan fingerprint density at radius 3 is 2.45 bits per heavy atom. The number of hydrogen-bond acceptors (Lipinski definition) is 4. The monoisotopic (exact) mass is 272 g/mol. The second kappa shape index (κ2) is 7.38. The summed E-state index contributed by atoms with van der Waals surface area (Å²) >= 11 is 0. The van der Waals surface area contributed by atoms with Crippen molar-refractivity contribution in [1.82, 2.24) is 4.98 Å². The maximum atomic E-state index is 5.72. The Morgan fingerprint density at radius 1 is 1.00 bits per heavy atom. The van der Waals surface area contributed by atoms with Crippen molar-refractivity contribution in [3.8, 4) is 17.4 Å². The lowest BCUT2D eigenvalue weighted by molar-refractivity contribution is 0.317. The molecule has 1 N–H and O–H groups in total. The van der Waals surface area contributed by atoms with Gasteiger partial charge in [0.25, 0.3) is 0 Å². The van der Waals surface area contributed by atoms with Crippen LogP contribution in [0.1, 0.15) is 20.3 Å². The van der Waals surface area contributed by atoms with Crippen molar-refractivity contribution in [1.29, 1.82) is 0 Å². The van der Waals surface area contributed by atoms with Crippen LogP contribution >= 0.6 is 0 Å². The van der Waals surface area contributed by atoms with E-state index in [0.717, 1.165) is 36.9 Å². The zero-order valence-corrected chi connectivity index (χ0v) is 11.9. The van der Waals surface area contributed by atoms with Crippen LogP contribution in [0.15, 0.2) is 42.5 Å². The first-order valence-corrected chi connectivity index (χ1v) is 6.93. The molecule has 1 aromatic carbocycles. The predicted octanol–water partition coefficient (Wildman–Crippen LogP) is 4.09. The number of ether oxygens (including phenoxy) is 2. The van der Waals surface area contributed by atoms with E-state index in [4.69, 9.17) is 9.47 Å². The number of aromatic nitrogens is 1. The smallest absolute Gasteiger partial charge is 0.221 e. The van der Waals surface area contributed by atoms with Crippen molar-refractivity contribution < 1.29 is 9.47 Å². The Labute approximate surface area is 119 Å². The number of nitrogens with one attached hydrogen (secondary N) is 1. The van der Waals surface area contributed by atoms with E-state index in [0.29, 0.717) is 5.88 Å². The fraction of sp³-hybridized carbons (Fsp3) is 0.312. The summed E-state index contributed by atoms with van der Waals surface area (Å²) in [6.45, 7) is 5.68. The molecule has 106 valence electrons. The molecule has 1 heterocycles. The van der Waals surface area contributed by atoms with Gasteiger partial charge in [-0.25, -0.2) is 0 Å². The fourth-order valence-corrected chi connectivity index (χ4v) is 1.70. The van der Waals surface area contributed by atoms with E-state index in [9.17, 15) is 0 Å². The van der Waals surface area contributed by atoms with E-state index in [1.54, 1.807) is 0 Å². The first-order valence-electron chi connectivity index (χ1n) is 6.93. The van der Waals surface area contributed by atoms with Gasteiger partial charge in [-0.2, -0.15) is 4.98 Å². The van der Waals surface area contributed by atoms with Gasteiger partial charge in [-0.1, -0.05) is 13.0 Å². The number of pyridine rings is 1. The summed E-state index contributed by atoms with van der Waals surface area (Å²) in [5, 5.41) is 3.15. The zero-order valence-electron chi connectivity index (χ0n) is 11.9. The van der Waals surface area contributed by atoms with Crippen LogP contribution in [-0.4, -0.2) is 18.1 Å². The Hall–Kier alpha value is -2.23. The maximum Gasteiger partial charge on any atom is 0.221 e. The lowest BCUT2D eigenvalue weighted by Gasteiger charge is -2.08. The molecule has 0 fully saturated rings. The molecule has 0 aliphatic heterocycles. The molecule has 4 nitrogen and oxygen atoms in total. The minimum absolute atomic E-state index is 0.575. The second-order valence-electron chi connectivity index (χ2n) is 4.31.